The number of ether oxygens (including phenoxy) is 5. The number of methoxy groups -OCH3 is 1. The van der Waals surface area contributed by atoms with Gasteiger partial charge in [-0.25, -0.2) is 9.59 Å². The molecular weight excluding hydrogens is 442 g/mol. The van der Waals surface area contributed by atoms with E-state index >= 15 is 0 Å². The van der Waals surface area contributed by atoms with Crippen LogP contribution in [-0.4, -0.2) is 75.1 Å². The molecule has 4 unspecified atom stereocenters. The number of amides is 1. The van der Waals surface area contributed by atoms with Crippen molar-refractivity contribution in [2.45, 2.75) is 51.7 Å². The van der Waals surface area contributed by atoms with Gasteiger partial charge in [0.05, 0.1) is 39.6 Å². The second kappa shape index (κ2) is 16.0. The molecule has 1 rings (SSSR count). The molecule has 4 atom stereocenters. The van der Waals surface area contributed by atoms with Gasteiger partial charge in [0.15, 0.2) is 6.04 Å². The lowest BCUT2D eigenvalue weighted by Gasteiger charge is -2.31. The van der Waals surface area contributed by atoms with Crippen molar-refractivity contribution in [3.05, 3.63) is 60.2 Å². The van der Waals surface area contributed by atoms with Gasteiger partial charge in [0.25, 0.3) is 0 Å². The number of benzene rings is 1. The van der Waals surface area contributed by atoms with Crippen LogP contribution in [0, 0.1) is 0 Å². The molecule has 2 N–H and O–H groups in total. The molecule has 0 saturated carbocycles. The molecule has 0 aliphatic rings. The van der Waals surface area contributed by atoms with E-state index in [1.54, 1.807) is 6.92 Å². The van der Waals surface area contributed by atoms with Crippen molar-refractivity contribution in [1.29, 1.82) is 0 Å². The second-order valence-corrected chi connectivity index (χ2v) is 8.04. The molecular formula is C25H37NO8. The largest absolute Gasteiger partial charge is 0.467 e. The van der Waals surface area contributed by atoms with Gasteiger partial charge in [0.1, 0.15) is 18.8 Å². The van der Waals surface area contributed by atoms with Gasteiger partial charge in [0.2, 0.25) is 0 Å². The fraction of sp³-hybridized carbons (Fsp3) is 0.520. The Morgan fingerprint density at radius 1 is 1.03 bits per heavy atom. The van der Waals surface area contributed by atoms with Crippen molar-refractivity contribution >= 4 is 12.1 Å². The molecule has 0 aliphatic carbocycles. The van der Waals surface area contributed by atoms with Crippen LogP contribution < -0.4 is 5.32 Å². The molecule has 9 heteroatoms. The highest BCUT2D eigenvalue weighted by atomic mass is 16.6. The molecule has 0 aromatic heterocycles. The Morgan fingerprint density at radius 3 is 2.21 bits per heavy atom. The summed E-state index contributed by atoms with van der Waals surface area (Å²) in [6.07, 6.45) is -2.78. The summed E-state index contributed by atoms with van der Waals surface area (Å²) in [5.41, 5.74) is 2.37. The van der Waals surface area contributed by atoms with Gasteiger partial charge < -0.3 is 34.1 Å². The quantitative estimate of drug-likeness (QED) is 0.275. The zero-order valence-electron chi connectivity index (χ0n) is 20.5. The molecule has 9 nitrogen and oxygen atoms in total. The van der Waals surface area contributed by atoms with E-state index in [-0.39, 0.29) is 33.0 Å². The van der Waals surface area contributed by atoms with E-state index in [1.807, 2.05) is 44.2 Å². The Hall–Kier alpha value is -2.72. The van der Waals surface area contributed by atoms with Crippen LogP contribution in [0.15, 0.2) is 54.6 Å². The fourth-order valence-corrected chi connectivity index (χ4v) is 2.85. The maximum Gasteiger partial charge on any atom is 0.408 e. The van der Waals surface area contributed by atoms with Gasteiger partial charge in [-0.15, -0.1) is 0 Å². The summed E-state index contributed by atoms with van der Waals surface area (Å²) in [6.45, 7) is 13.0. The predicted octanol–water partition coefficient (Wildman–Crippen LogP) is 2.77. The minimum Gasteiger partial charge on any atom is -0.467 e. The number of rotatable bonds is 16. The highest BCUT2D eigenvalue weighted by molar-refractivity contribution is 5.81. The summed E-state index contributed by atoms with van der Waals surface area (Å²) >= 11 is 0. The van der Waals surface area contributed by atoms with Crippen LogP contribution in [0.2, 0.25) is 0 Å². The first kappa shape index (κ1) is 29.3. The van der Waals surface area contributed by atoms with E-state index in [2.05, 4.69) is 18.5 Å². The van der Waals surface area contributed by atoms with Gasteiger partial charge in [-0.2, -0.15) is 0 Å². The van der Waals surface area contributed by atoms with Crippen molar-refractivity contribution in [2.24, 2.45) is 0 Å². The maximum atomic E-state index is 12.2. The Bertz CT molecular complexity index is 782. The molecule has 190 valence electrons. The summed E-state index contributed by atoms with van der Waals surface area (Å²) in [4.78, 5) is 24.4. The molecule has 0 radical (unpaired) electrons. The number of aliphatic hydroxyl groups is 1. The van der Waals surface area contributed by atoms with E-state index in [0.29, 0.717) is 0 Å². The van der Waals surface area contributed by atoms with Crippen molar-refractivity contribution in [1.82, 2.24) is 5.32 Å². The van der Waals surface area contributed by atoms with Crippen LogP contribution >= 0.6 is 0 Å². The molecule has 1 amide bonds. The van der Waals surface area contributed by atoms with Crippen LogP contribution in [0.1, 0.15) is 26.3 Å². The predicted molar refractivity (Wildman–Crippen MR) is 127 cm³/mol. The molecule has 34 heavy (non-hydrogen) atoms. The first-order valence-electron chi connectivity index (χ1n) is 11.0. The van der Waals surface area contributed by atoms with Gasteiger partial charge in [-0.1, -0.05) is 54.6 Å². The van der Waals surface area contributed by atoms with Crippen LogP contribution in [0.3, 0.4) is 0 Å². The van der Waals surface area contributed by atoms with Crippen molar-refractivity contribution in [3.63, 3.8) is 0 Å². The van der Waals surface area contributed by atoms with Crippen molar-refractivity contribution < 1.29 is 38.4 Å². The molecule has 1 aromatic carbocycles. The molecule has 0 fully saturated rings. The maximum absolute atomic E-state index is 12.2. The second-order valence-electron chi connectivity index (χ2n) is 8.04. The summed E-state index contributed by atoms with van der Waals surface area (Å²) in [5.74, 6) is -0.694. The first-order chi connectivity index (χ1) is 16.2. The Morgan fingerprint density at radius 2 is 1.65 bits per heavy atom. The number of carbonyl (C=O) groups is 2. The molecule has 0 saturated heterocycles. The number of alkyl carbamates (subject to hydrolysis) is 1. The lowest BCUT2D eigenvalue weighted by Crippen LogP contribution is -2.48. The van der Waals surface area contributed by atoms with Gasteiger partial charge in [-0.05, 0) is 26.3 Å². The van der Waals surface area contributed by atoms with Gasteiger partial charge in [-0.3, -0.25) is 0 Å². The number of nitrogens with one attached hydrogen (secondary N) is 1. The summed E-state index contributed by atoms with van der Waals surface area (Å²) in [6, 6.07) is 8.03. The van der Waals surface area contributed by atoms with Gasteiger partial charge >= 0.3 is 12.1 Å². The normalized spacial score (nSPS) is 14.4. The lowest BCUT2D eigenvalue weighted by atomic mass is 10.1. The van der Waals surface area contributed by atoms with Crippen molar-refractivity contribution in [3.8, 4) is 0 Å². The zero-order chi connectivity index (χ0) is 25.5. The molecule has 0 spiro atoms. The third-order valence-electron chi connectivity index (χ3n) is 4.59. The minimum absolute atomic E-state index is 0.0485. The fourth-order valence-electron chi connectivity index (χ4n) is 2.85. The number of hydrogen-bond donors (Lipinski definition) is 2. The highest BCUT2D eigenvalue weighted by Gasteiger charge is 2.31. The summed E-state index contributed by atoms with van der Waals surface area (Å²) in [5, 5.41) is 12.3. The topological polar surface area (TPSA) is 113 Å². The molecule has 0 heterocycles. The average Bonchev–Trinajstić information content (AvgIpc) is 2.82. The number of carbonyl (C=O) groups excluding carboxylic acids is 2. The SMILES string of the molecule is C=C(C)COC(CO)C(OCC(=C)C)C(C)OCC(NC(=O)OCc1ccccc1)C(=O)OC. The number of esters is 1. The first-order valence-corrected chi connectivity index (χ1v) is 11.0. The van der Waals surface area contributed by atoms with Crippen LogP contribution in [0.25, 0.3) is 0 Å². The van der Waals surface area contributed by atoms with Crippen LogP contribution in [-0.2, 0) is 35.1 Å². The van der Waals surface area contributed by atoms with E-state index in [0.717, 1.165) is 16.7 Å². The van der Waals surface area contributed by atoms with E-state index < -0.39 is 36.4 Å². The third kappa shape index (κ3) is 11.4. The molecule has 1 aromatic rings. The van der Waals surface area contributed by atoms with E-state index in [9.17, 15) is 14.7 Å². The lowest BCUT2D eigenvalue weighted by molar-refractivity contribution is -0.153. The van der Waals surface area contributed by atoms with Crippen LogP contribution in [0.4, 0.5) is 4.79 Å². The Balaban J connectivity index is 2.77. The number of hydrogen-bond acceptors (Lipinski definition) is 8. The summed E-state index contributed by atoms with van der Waals surface area (Å²) < 4.78 is 27.4. The standard InChI is InChI=1S/C25H37NO8/c1-17(2)13-32-22(12-27)23(33-14-18(3)4)19(5)31-16-21(24(28)30-6)26-25(29)34-15-20-10-8-7-9-11-20/h7-11,19,21-23,27H,1,3,12-16H2,2,4-6H3,(H,26,29). The molecule has 0 bridgehead atoms. The highest BCUT2D eigenvalue weighted by Crippen LogP contribution is 2.15. The van der Waals surface area contributed by atoms with E-state index in [1.165, 1.54) is 7.11 Å². The Labute approximate surface area is 201 Å². The third-order valence-corrected chi connectivity index (χ3v) is 4.59. The smallest absolute Gasteiger partial charge is 0.408 e. The zero-order valence-corrected chi connectivity index (χ0v) is 20.5. The van der Waals surface area contributed by atoms with Crippen LogP contribution in [0.5, 0.6) is 0 Å². The monoisotopic (exact) mass is 479 g/mol. The summed E-state index contributed by atoms with van der Waals surface area (Å²) in [7, 11) is 1.21. The minimum atomic E-state index is -1.11. The average molecular weight is 480 g/mol. The van der Waals surface area contributed by atoms with Crippen molar-refractivity contribution in [2.75, 3.05) is 33.5 Å². The molecule has 0 aliphatic heterocycles. The Kier molecular flexibility index (Phi) is 13.8. The number of aliphatic hydroxyl groups excluding tert-OH is 1. The van der Waals surface area contributed by atoms with Gasteiger partial charge in [0, 0.05) is 0 Å². The van der Waals surface area contributed by atoms with E-state index in [4.69, 9.17) is 23.7 Å².